The Labute approximate surface area is 80.2 Å². The number of ether oxygens (including phenoxy) is 1. The molecule has 0 fully saturated rings. The van der Waals surface area contributed by atoms with Crippen molar-refractivity contribution in [2.75, 3.05) is 12.4 Å². The highest BCUT2D eigenvalue weighted by atomic mass is 32.2. The van der Waals surface area contributed by atoms with E-state index >= 15 is 0 Å². The zero-order valence-corrected chi connectivity index (χ0v) is 7.89. The lowest BCUT2D eigenvalue weighted by atomic mass is 10.4. The monoisotopic (exact) mass is 195 g/mol. The van der Waals surface area contributed by atoms with Gasteiger partial charge in [-0.25, -0.2) is 4.98 Å². The molecular weight excluding hydrogens is 186 g/mol. The maximum absolute atomic E-state index is 5.59. The molecule has 4 nitrogen and oxygen atoms in total. The number of fused-ring (bicyclic) bond motifs is 1. The number of nitrogens with one attached hydrogen (secondary N) is 1. The number of hydrogen-bond acceptors (Lipinski definition) is 5. The molecule has 0 saturated carbocycles. The third kappa shape index (κ3) is 1.55. The summed E-state index contributed by atoms with van der Waals surface area (Å²) < 4.78 is 5.00. The van der Waals surface area contributed by atoms with Crippen molar-refractivity contribution in [3.63, 3.8) is 0 Å². The molecule has 1 aromatic rings. The second-order valence-corrected chi connectivity index (χ2v) is 3.38. The van der Waals surface area contributed by atoms with E-state index in [0.29, 0.717) is 11.7 Å². The fourth-order valence-electron chi connectivity index (χ4n) is 1.03. The maximum atomic E-state index is 5.59. The molecule has 0 bridgehead atoms. The molecule has 0 aromatic carbocycles. The van der Waals surface area contributed by atoms with E-state index in [4.69, 9.17) is 10.5 Å². The first kappa shape index (κ1) is 8.25. The minimum atomic E-state index is 0.613. The SMILES string of the molecule is COc1ccc2c(n1)SC=C(N)N2. The third-order valence-electron chi connectivity index (χ3n) is 1.62. The van der Waals surface area contributed by atoms with E-state index in [1.807, 2.05) is 11.5 Å². The Bertz CT molecular complexity index is 364. The van der Waals surface area contributed by atoms with Gasteiger partial charge < -0.3 is 15.8 Å². The molecular formula is C8H9N3OS. The first-order valence-electron chi connectivity index (χ1n) is 3.74. The van der Waals surface area contributed by atoms with Crippen molar-refractivity contribution >= 4 is 17.4 Å². The maximum Gasteiger partial charge on any atom is 0.214 e. The summed E-state index contributed by atoms with van der Waals surface area (Å²) in [6.07, 6.45) is 0. The second-order valence-electron chi connectivity index (χ2n) is 2.52. The molecule has 0 saturated heterocycles. The zero-order chi connectivity index (χ0) is 9.26. The van der Waals surface area contributed by atoms with Crippen LogP contribution >= 0.6 is 11.8 Å². The van der Waals surface area contributed by atoms with Gasteiger partial charge in [-0.15, -0.1) is 0 Å². The van der Waals surface area contributed by atoms with Crippen LogP contribution in [0.5, 0.6) is 5.88 Å². The Morgan fingerprint density at radius 2 is 2.38 bits per heavy atom. The van der Waals surface area contributed by atoms with Crippen molar-refractivity contribution in [1.29, 1.82) is 0 Å². The molecule has 5 heteroatoms. The summed E-state index contributed by atoms with van der Waals surface area (Å²) in [6.45, 7) is 0. The van der Waals surface area contributed by atoms with Gasteiger partial charge in [-0.2, -0.15) is 0 Å². The van der Waals surface area contributed by atoms with Crippen LogP contribution in [0.1, 0.15) is 0 Å². The Morgan fingerprint density at radius 1 is 1.54 bits per heavy atom. The van der Waals surface area contributed by atoms with Gasteiger partial charge in [-0.3, -0.25) is 0 Å². The summed E-state index contributed by atoms with van der Waals surface area (Å²) in [5.74, 6) is 1.26. The Morgan fingerprint density at radius 3 is 3.15 bits per heavy atom. The average molecular weight is 195 g/mol. The first-order chi connectivity index (χ1) is 6.29. The summed E-state index contributed by atoms with van der Waals surface area (Å²) in [4.78, 5) is 4.24. The van der Waals surface area contributed by atoms with E-state index in [1.54, 1.807) is 13.2 Å². The van der Waals surface area contributed by atoms with Gasteiger partial charge in [0, 0.05) is 11.5 Å². The summed E-state index contributed by atoms with van der Waals surface area (Å²) in [5.41, 5.74) is 6.51. The number of anilines is 1. The van der Waals surface area contributed by atoms with E-state index in [2.05, 4.69) is 10.3 Å². The normalized spacial score (nSPS) is 14.1. The van der Waals surface area contributed by atoms with Gasteiger partial charge in [0.2, 0.25) is 5.88 Å². The number of rotatable bonds is 1. The number of thioether (sulfide) groups is 1. The topological polar surface area (TPSA) is 60.2 Å². The summed E-state index contributed by atoms with van der Waals surface area (Å²) in [5, 5.41) is 5.71. The Kier molecular flexibility index (Phi) is 2.02. The van der Waals surface area contributed by atoms with Crippen LogP contribution in [-0.4, -0.2) is 12.1 Å². The lowest BCUT2D eigenvalue weighted by Crippen LogP contribution is -2.12. The van der Waals surface area contributed by atoms with Crippen molar-refractivity contribution in [2.24, 2.45) is 5.73 Å². The molecule has 13 heavy (non-hydrogen) atoms. The first-order valence-corrected chi connectivity index (χ1v) is 4.62. The van der Waals surface area contributed by atoms with Crippen LogP contribution in [0.15, 0.2) is 28.4 Å². The van der Waals surface area contributed by atoms with Crippen LogP contribution in [0.4, 0.5) is 5.69 Å². The molecule has 3 N–H and O–H groups in total. The number of nitrogens with zero attached hydrogens (tertiary/aromatic N) is 1. The third-order valence-corrected chi connectivity index (χ3v) is 2.53. The van der Waals surface area contributed by atoms with Crippen LogP contribution in [-0.2, 0) is 0 Å². The molecule has 68 valence electrons. The molecule has 0 aliphatic carbocycles. The van der Waals surface area contributed by atoms with Crippen molar-refractivity contribution in [3.05, 3.63) is 23.4 Å². The number of nitrogens with two attached hydrogens (primary N) is 1. The van der Waals surface area contributed by atoms with Crippen LogP contribution < -0.4 is 15.8 Å². The van der Waals surface area contributed by atoms with E-state index in [0.717, 1.165) is 10.7 Å². The standard InChI is InChI=1S/C8H9N3OS/c1-12-7-3-2-5-8(11-7)13-4-6(9)10-5/h2-4,10H,9H2,1H3. The van der Waals surface area contributed by atoms with Crippen LogP contribution in [0.3, 0.4) is 0 Å². The van der Waals surface area contributed by atoms with Gasteiger partial charge >= 0.3 is 0 Å². The minimum absolute atomic E-state index is 0.613. The summed E-state index contributed by atoms with van der Waals surface area (Å²) in [7, 11) is 1.60. The van der Waals surface area contributed by atoms with Gasteiger partial charge in [-0.1, -0.05) is 11.8 Å². The number of hydrogen-bond donors (Lipinski definition) is 2. The second kappa shape index (κ2) is 3.18. The molecule has 2 rings (SSSR count). The van der Waals surface area contributed by atoms with Crippen LogP contribution in [0, 0.1) is 0 Å². The van der Waals surface area contributed by atoms with Crippen molar-refractivity contribution < 1.29 is 4.74 Å². The highest BCUT2D eigenvalue weighted by molar-refractivity contribution is 8.02. The zero-order valence-electron chi connectivity index (χ0n) is 7.07. The largest absolute Gasteiger partial charge is 0.481 e. The van der Waals surface area contributed by atoms with E-state index in [1.165, 1.54) is 11.8 Å². The van der Waals surface area contributed by atoms with E-state index < -0.39 is 0 Å². The lowest BCUT2D eigenvalue weighted by molar-refractivity contribution is 0.395. The fourth-order valence-corrected chi connectivity index (χ4v) is 1.71. The molecule has 1 aliphatic heterocycles. The van der Waals surface area contributed by atoms with Crippen molar-refractivity contribution in [2.45, 2.75) is 5.03 Å². The average Bonchev–Trinajstić information content (AvgIpc) is 2.17. The number of methoxy groups -OCH3 is 1. The van der Waals surface area contributed by atoms with Gasteiger partial charge in [0.1, 0.15) is 10.8 Å². The van der Waals surface area contributed by atoms with Gasteiger partial charge in [0.05, 0.1) is 12.8 Å². The molecule has 0 unspecified atom stereocenters. The van der Waals surface area contributed by atoms with Crippen LogP contribution in [0.25, 0.3) is 0 Å². The molecule has 1 aromatic heterocycles. The van der Waals surface area contributed by atoms with Crippen molar-refractivity contribution in [1.82, 2.24) is 4.98 Å². The van der Waals surface area contributed by atoms with E-state index in [9.17, 15) is 0 Å². The molecule has 1 aliphatic rings. The predicted octanol–water partition coefficient (Wildman–Crippen LogP) is 1.37. The minimum Gasteiger partial charge on any atom is -0.481 e. The van der Waals surface area contributed by atoms with Crippen LogP contribution in [0.2, 0.25) is 0 Å². The number of aromatic nitrogens is 1. The van der Waals surface area contributed by atoms with Gasteiger partial charge in [0.15, 0.2) is 0 Å². The molecule has 0 atom stereocenters. The molecule has 0 radical (unpaired) electrons. The highest BCUT2D eigenvalue weighted by Crippen LogP contribution is 2.32. The number of pyridine rings is 1. The quantitative estimate of drug-likeness (QED) is 0.708. The molecule has 2 heterocycles. The fraction of sp³-hybridized carbons (Fsp3) is 0.125. The van der Waals surface area contributed by atoms with Gasteiger partial charge in [0.25, 0.3) is 0 Å². The summed E-state index contributed by atoms with van der Waals surface area (Å²) >= 11 is 1.49. The summed E-state index contributed by atoms with van der Waals surface area (Å²) in [6, 6.07) is 3.69. The predicted molar refractivity (Wildman–Crippen MR) is 52.5 cm³/mol. The smallest absolute Gasteiger partial charge is 0.214 e. The highest BCUT2D eigenvalue weighted by Gasteiger charge is 2.10. The molecule has 0 amide bonds. The Hall–Kier alpha value is -1.36. The van der Waals surface area contributed by atoms with Gasteiger partial charge in [-0.05, 0) is 6.07 Å². The Balaban J connectivity index is 2.36. The van der Waals surface area contributed by atoms with E-state index in [-0.39, 0.29) is 0 Å². The lowest BCUT2D eigenvalue weighted by Gasteiger charge is -2.15. The van der Waals surface area contributed by atoms with Crippen molar-refractivity contribution in [3.8, 4) is 5.88 Å². The molecule has 0 spiro atoms.